The van der Waals surface area contributed by atoms with Gasteiger partial charge >= 0.3 is 13.7 Å². The van der Waals surface area contributed by atoms with Gasteiger partial charge in [0.25, 0.3) is 0 Å². The molecule has 45 heavy (non-hydrogen) atoms. The number of esters is 1. The summed E-state index contributed by atoms with van der Waals surface area (Å²) in [5.74, 6) is -0.173. The lowest BCUT2D eigenvalue weighted by Crippen LogP contribution is -2.37. The first-order chi connectivity index (χ1) is 21.0. The van der Waals surface area contributed by atoms with Gasteiger partial charge in [-0.15, -0.1) is 0 Å². The van der Waals surface area contributed by atoms with Gasteiger partial charge in [0.05, 0.1) is 25.0 Å². The van der Waals surface area contributed by atoms with Gasteiger partial charge in [0.1, 0.15) is 35.8 Å². The Hall–Kier alpha value is -3.53. The fourth-order valence-corrected chi connectivity index (χ4v) is 6.30. The monoisotopic (exact) mass is 642 g/mol. The Morgan fingerprint density at radius 2 is 1.93 bits per heavy atom. The Balaban J connectivity index is 1.53. The molecule has 0 saturated carbocycles. The Labute approximate surface area is 263 Å². The topological polar surface area (TPSA) is 183 Å². The van der Waals surface area contributed by atoms with Crippen LogP contribution in [0.5, 0.6) is 5.75 Å². The van der Waals surface area contributed by atoms with Crippen LogP contribution in [-0.2, 0) is 34.4 Å². The number of ether oxygens (including phenoxy) is 2. The molecule has 1 aromatic carbocycles. The number of benzene rings is 1. The number of carbonyl (C=O) groups is 1. The number of hydrogen-bond donors (Lipinski definition) is 3. The molecule has 1 aliphatic heterocycles. The molecule has 2 unspecified atom stereocenters. The van der Waals surface area contributed by atoms with Crippen LogP contribution in [0.25, 0.3) is 5.52 Å². The molecule has 1 aliphatic rings. The van der Waals surface area contributed by atoms with E-state index in [9.17, 15) is 19.7 Å². The molecular weight excluding hydrogens is 599 g/mol. The number of nitrogens with zero attached hydrogens (tertiary/aromatic N) is 4. The molecule has 244 valence electrons. The third-order valence-electron chi connectivity index (χ3n) is 7.51. The summed E-state index contributed by atoms with van der Waals surface area (Å²) in [6.07, 6.45) is -0.467. The minimum Gasteiger partial charge on any atom is -0.465 e. The molecule has 1 saturated heterocycles. The highest BCUT2D eigenvalue weighted by Crippen LogP contribution is 2.47. The van der Waals surface area contributed by atoms with Gasteiger partial charge in [-0.1, -0.05) is 53.7 Å². The number of aliphatic hydroxyl groups is 1. The number of nitrogen functional groups attached to an aromatic ring is 1. The molecule has 5 atom stereocenters. The van der Waals surface area contributed by atoms with Crippen molar-refractivity contribution in [2.45, 2.75) is 90.6 Å². The van der Waals surface area contributed by atoms with E-state index in [2.05, 4.69) is 42.0 Å². The molecule has 0 amide bonds. The number of nitrogens with one attached hydrogen (secondary N) is 1. The van der Waals surface area contributed by atoms with Gasteiger partial charge in [-0.3, -0.25) is 9.32 Å². The quantitative estimate of drug-likeness (QED) is 0.195. The highest BCUT2D eigenvalue weighted by molar-refractivity contribution is 7.52. The third-order valence-corrected chi connectivity index (χ3v) is 9.15. The molecular formula is C31H43N6O7P. The first kappa shape index (κ1) is 34.3. The largest absolute Gasteiger partial charge is 0.465 e. The van der Waals surface area contributed by atoms with E-state index >= 15 is 0 Å². The molecule has 0 aliphatic carbocycles. The normalized spacial score (nSPS) is 22.5. The number of nitriles is 1. The Bertz CT molecular complexity index is 1590. The number of anilines is 1. The van der Waals surface area contributed by atoms with Crippen LogP contribution in [0.15, 0.2) is 42.7 Å². The van der Waals surface area contributed by atoms with Crippen molar-refractivity contribution in [2.75, 3.05) is 18.9 Å². The number of aromatic nitrogens is 3. The lowest BCUT2D eigenvalue weighted by atomic mass is 9.87. The summed E-state index contributed by atoms with van der Waals surface area (Å²) in [5, 5.41) is 28.0. The van der Waals surface area contributed by atoms with E-state index in [-0.39, 0.29) is 35.4 Å². The number of fused-ring (bicyclic) bond motifs is 1. The van der Waals surface area contributed by atoms with E-state index in [0.717, 1.165) is 5.56 Å². The second-order valence-electron chi connectivity index (χ2n) is 13.5. The van der Waals surface area contributed by atoms with Crippen molar-refractivity contribution in [3.8, 4) is 11.8 Å². The summed E-state index contributed by atoms with van der Waals surface area (Å²) < 4.78 is 38.7. The van der Waals surface area contributed by atoms with Gasteiger partial charge < -0.3 is 24.8 Å². The van der Waals surface area contributed by atoms with Crippen LogP contribution in [-0.4, -0.2) is 57.1 Å². The van der Waals surface area contributed by atoms with E-state index in [0.29, 0.717) is 17.6 Å². The summed E-state index contributed by atoms with van der Waals surface area (Å²) in [6.45, 7) is 13.6. The first-order valence-electron chi connectivity index (χ1n) is 14.8. The lowest BCUT2D eigenvalue weighted by Gasteiger charge is -2.26. The van der Waals surface area contributed by atoms with Crippen molar-refractivity contribution in [3.63, 3.8) is 0 Å². The van der Waals surface area contributed by atoms with Crippen LogP contribution in [0.4, 0.5) is 5.82 Å². The van der Waals surface area contributed by atoms with E-state index in [1.165, 1.54) is 17.8 Å². The minimum absolute atomic E-state index is 0.0365. The molecule has 0 spiro atoms. The van der Waals surface area contributed by atoms with Gasteiger partial charge in [-0.2, -0.15) is 15.4 Å². The van der Waals surface area contributed by atoms with Crippen molar-refractivity contribution in [1.82, 2.24) is 19.7 Å². The number of aliphatic hydroxyl groups excluding tert-OH is 1. The first-order valence-corrected chi connectivity index (χ1v) is 16.3. The van der Waals surface area contributed by atoms with Crippen molar-refractivity contribution in [3.05, 3.63) is 54.0 Å². The van der Waals surface area contributed by atoms with Gasteiger partial charge in [-0.25, -0.2) is 14.1 Å². The van der Waals surface area contributed by atoms with Crippen molar-refractivity contribution in [2.24, 2.45) is 5.41 Å². The predicted molar refractivity (Wildman–Crippen MR) is 167 cm³/mol. The SMILES string of the molecule is C[C@H](NP(=O)(OC[C@H]1OC(C#N)(c2ccc3c(N)ncnn23)C[C@@H]1O)Oc1ccc(C(C)(C)C)cc1)C(=O)OCCC(C)(C)C. The van der Waals surface area contributed by atoms with Crippen LogP contribution in [0.2, 0.25) is 0 Å². The molecule has 4 N–H and O–H groups in total. The zero-order valence-corrected chi connectivity index (χ0v) is 27.7. The van der Waals surface area contributed by atoms with Gasteiger partial charge in [-0.05, 0) is 54.0 Å². The minimum atomic E-state index is -4.27. The lowest BCUT2D eigenvalue weighted by molar-refractivity contribution is -0.146. The van der Waals surface area contributed by atoms with Crippen LogP contribution in [0, 0.1) is 16.7 Å². The second-order valence-corrected chi connectivity index (χ2v) is 15.2. The Morgan fingerprint density at radius 3 is 2.56 bits per heavy atom. The fourth-order valence-electron chi connectivity index (χ4n) is 4.80. The van der Waals surface area contributed by atoms with Crippen LogP contribution in [0.3, 0.4) is 0 Å². The smallest absolute Gasteiger partial charge is 0.459 e. The predicted octanol–water partition coefficient (Wildman–Crippen LogP) is 4.64. The van der Waals surface area contributed by atoms with E-state index in [1.54, 1.807) is 24.3 Å². The summed E-state index contributed by atoms with van der Waals surface area (Å²) in [4.78, 5) is 16.7. The van der Waals surface area contributed by atoms with Gasteiger partial charge in [0, 0.05) is 6.42 Å². The van der Waals surface area contributed by atoms with Crippen molar-refractivity contribution < 1.29 is 33.0 Å². The standard InChI is InChI=1S/C31H43N6O7P/c1-20(28(39)41-15-14-29(2,3)4)36-45(40,44-22-10-8-21(9-11-22)30(5,6)7)42-17-25-24(38)16-31(18-32,43-25)26-13-12-23-27(33)34-19-35-37(23)26/h8-13,19-20,24-25,38H,14-17H2,1-7H3,(H,36,40)(H2,33,34,35)/t20-,24-,25+,31?,45?/m0/s1. The van der Waals surface area contributed by atoms with Crippen LogP contribution >= 0.6 is 7.75 Å². The molecule has 3 heterocycles. The molecule has 3 aromatic rings. The van der Waals surface area contributed by atoms with Crippen molar-refractivity contribution in [1.29, 1.82) is 5.26 Å². The molecule has 1 fully saturated rings. The van der Waals surface area contributed by atoms with Crippen molar-refractivity contribution >= 4 is 25.1 Å². The number of nitrogens with two attached hydrogens (primary N) is 1. The second kappa shape index (κ2) is 13.1. The fraction of sp³-hybridized carbons (Fsp3) is 0.548. The average molecular weight is 643 g/mol. The summed E-state index contributed by atoms with van der Waals surface area (Å²) in [7, 11) is -4.27. The van der Waals surface area contributed by atoms with Crippen LogP contribution in [0.1, 0.15) is 72.6 Å². The van der Waals surface area contributed by atoms with E-state index in [1.807, 2.05) is 32.9 Å². The zero-order chi connectivity index (χ0) is 33.2. The van der Waals surface area contributed by atoms with Crippen LogP contribution < -0.4 is 15.3 Å². The maximum absolute atomic E-state index is 14.1. The summed E-state index contributed by atoms with van der Waals surface area (Å²) in [6, 6.07) is 11.4. The maximum Gasteiger partial charge on any atom is 0.459 e. The number of rotatable bonds is 11. The highest BCUT2D eigenvalue weighted by Gasteiger charge is 2.50. The Morgan fingerprint density at radius 1 is 1.24 bits per heavy atom. The number of hydrogen-bond acceptors (Lipinski definition) is 11. The van der Waals surface area contributed by atoms with Gasteiger partial charge in [0.15, 0.2) is 11.4 Å². The molecule has 13 nitrogen and oxygen atoms in total. The molecule has 4 rings (SSSR count). The van der Waals surface area contributed by atoms with E-state index < -0.39 is 44.2 Å². The molecule has 14 heteroatoms. The molecule has 2 aromatic heterocycles. The third kappa shape index (κ3) is 8.20. The highest BCUT2D eigenvalue weighted by atomic mass is 31.2. The molecule has 0 radical (unpaired) electrons. The summed E-state index contributed by atoms with van der Waals surface area (Å²) >= 11 is 0. The maximum atomic E-state index is 14.1. The average Bonchev–Trinajstić information content (AvgIpc) is 3.53. The number of carbonyl (C=O) groups excluding carboxylic acids is 1. The van der Waals surface area contributed by atoms with Gasteiger partial charge in [0.2, 0.25) is 0 Å². The molecule has 0 bridgehead atoms. The summed E-state index contributed by atoms with van der Waals surface area (Å²) in [5.41, 5.74) is 6.05. The van der Waals surface area contributed by atoms with E-state index in [4.69, 9.17) is 24.3 Å². The Kier molecular flexibility index (Phi) is 9.97. The zero-order valence-electron chi connectivity index (χ0n) is 26.8.